The molecule has 0 aromatic rings. The minimum Gasteiger partial charge on any atom is -0.463 e. The zero-order chi connectivity index (χ0) is 12.3. The molecule has 1 aliphatic heterocycles. The first kappa shape index (κ1) is 14.2. The predicted molar refractivity (Wildman–Crippen MR) is 64.8 cm³/mol. The number of carbonyl (C=O) groups excluding carboxylic acids is 1. The van der Waals surface area contributed by atoms with Gasteiger partial charge in [0.05, 0.1) is 19.8 Å². The van der Waals surface area contributed by atoms with Gasteiger partial charge < -0.3 is 14.2 Å². The summed E-state index contributed by atoms with van der Waals surface area (Å²) in [7, 11) is 0. The average molecular weight is 242 g/mol. The van der Waals surface area contributed by atoms with Crippen molar-refractivity contribution in [3.8, 4) is 0 Å². The van der Waals surface area contributed by atoms with Gasteiger partial charge in [-0.15, -0.1) is 0 Å². The Morgan fingerprint density at radius 2 is 1.88 bits per heavy atom. The Hall–Kier alpha value is -0.870. The minimum atomic E-state index is -0.333. The number of hydrogen-bond donors (Lipinski definition) is 0. The molecule has 0 saturated carbocycles. The van der Waals surface area contributed by atoms with Crippen molar-refractivity contribution in [2.75, 3.05) is 26.4 Å². The van der Waals surface area contributed by atoms with Crippen LogP contribution in [0.4, 0.5) is 0 Å². The molecule has 98 valence electrons. The van der Waals surface area contributed by atoms with Crippen LogP contribution in [0.25, 0.3) is 0 Å². The average Bonchev–Trinajstić information content (AvgIpc) is 3.15. The molecule has 17 heavy (non-hydrogen) atoms. The van der Waals surface area contributed by atoms with Crippen LogP contribution in [0.5, 0.6) is 0 Å². The maximum absolute atomic E-state index is 10.7. The van der Waals surface area contributed by atoms with Gasteiger partial charge in [-0.05, 0) is 12.8 Å². The number of esters is 1. The summed E-state index contributed by atoms with van der Waals surface area (Å²) in [6.45, 7) is 6.27. The van der Waals surface area contributed by atoms with Crippen LogP contribution in [0.15, 0.2) is 12.7 Å². The highest BCUT2D eigenvalue weighted by atomic mass is 16.6. The second kappa shape index (κ2) is 9.19. The summed E-state index contributed by atoms with van der Waals surface area (Å²) in [6.07, 6.45) is 7.01. The quantitative estimate of drug-likeness (QED) is 0.241. The fraction of sp³-hybridized carbons (Fsp3) is 0.769. The Balaban J connectivity index is 1.68. The molecule has 1 rings (SSSR count). The van der Waals surface area contributed by atoms with Crippen LogP contribution in [-0.4, -0.2) is 38.5 Å². The molecule has 0 spiro atoms. The van der Waals surface area contributed by atoms with Gasteiger partial charge in [-0.25, -0.2) is 4.79 Å². The molecule has 0 aromatic carbocycles. The fourth-order valence-corrected chi connectivity index (χ4v) is 1.45. The molecule has 1 saturated heterocycles. The van der Waals surface area contributed by atoms with Gasteiger partial charge in [0.2, 0.25) is 0 Å². The third-order valence-electron chi connectivity index (χ3n) is 2.55. The van der Waals surface area contributed by atoms with Crippen molar-refractivity contribution >= 4 is 5.97 Å². The third-order valence-corrected chi connectivity index (χ3v) is 2.55. The molecule has 0 aliphatic carbocycles. The van der Waals surface area contributed by atoms with Gasteiger partial charge in [0.15, 0.2) is 0 Å². The first-order valence-corrected chi connectivity index (χ1v) is 6.31. The lowest BCUT2D eigenvalue weighted by atomic mass is 10.1. The Morgan fingerprint density at radius 3 is 2.53 bits per heavy atom. The summed E-state index contributed by atoms with van der Waals surface area (Å²) in [6, 6.07) is 0. The van der Waals surface area contributed by atoms with E-state index in [1.54, 1.807) is 0 Å². The summed E-state index contributed by atoms with van der Waals surface area (Å²) in [5, 5.41) is 0. The molecule has 0 aromatic heterocycles. The van der Waals surface area contributed by atoms with Crippen molar-refractivity contribution < 1.29 is 19.0 Å². The van der Waals surface area contributed by atoms with Crippen LogP contribution in [0.2, 0.25) is 0 Å². The lowest BCUT2D eigenvalue weighted by molar-refractivity contribution is -0.137. The number of unbranched alkanes of at least 4 members (excludes halogenated alkanes) is 4. The smallest absolute Gasteiger partial charge is 0.330 e. The number of carbonyl (C=O) groups is 1. The van der Waals surface area contributed by atoms with E-state index in [0.29, 0.717) is 12.7 Å². The molecule has 1 aliphatic rings. The molecule has 0 N–H and O–H groups in total. The molecule has 0 bridgehead atoms. The topological polar surface area (TPSA) is 48.1 Å². The van der Waals surface area contributed by atoms with Gasteiger partial charge in [0.25, 0.3) is 0 Å². The lowest BCUT2D eigenvalue weighted by Crippen LogP contribution is -2.03. The summed E-state index contributed by atoms with van der Waals surface area (Å²) in [5.74, 6) is -0.333. The number of rotatable bonds is 11. The SMILES string of the molecule is C=CC(=O)OCCCCCCCOCC1CO1. The van der Waals surface area contributed by atoms with E-state index >= 15 is 0 Å². The van der Waals surface area contributed by atoms with Crippen LogP contribution < -0.4 is 0 Å². The summed E-state index contributed by atoms with van der Waals surface area (Å²) >= 11 is 0. The Morgan fingerprint density at radius 1 is 1.24 bits per heavy atom. The Labute approximate surface area is 103 Å². The van der Waals surface area contributed by atoms with Gasteiger partial charge in [0, 0.05) is 12.7 Å². The van der Waals surface area contributed by atoms with E-state index in [1.807, 2.05) is 0 Å². The van der Waals surface area contributed by atoms with E-state index in [-0.39, 0.29) is 5.97 Å². The van der Waals surface area contributed by atoms with Gasteiger partial charge in [0.1, 0.15) is 6.10 Å². The summed E-state index contributed by atoms with van der Waals surface area (Å²) < 4.78 is 15.3. The highest BCUT2D eigenvalue weighted by Crippen LogP contribution is 2.09. The van der Waals surface area contributed by atoms with Gasteiger partial charge >= 0.3 is 5.97 Å². The van der Waals surface area contributed by atoms with Crippen LogP contribution in [-0.2, 0) is 19.0 Å². The van der Waals surface area contributed by atoms with E-state index in [1.165, 1.54) is 12.5 Å². The molecule has 4 nitrogen and oxygen atoms in total. The number of epoxide rings is 1. The zero-order valence-corrected chi connectivity index (χ0v) is 10.4. The molecule has 1 unspecified atom stereocenters. The minimum absolute atomic E-state index is 0.333. The normalized spacial score (nSPS) is 17.8. The van der Waals surface area contributed by atoms with E-state index in [2.05, 4.69) is 6.58 Å². The Bertz CT molecular complexity index is 223. The molecule has 1 heterocycles. The highest BCUT2D eigenvalue weighted by Gasteiger charge is 2.21. The van der Waals surface area contributed by atoms with Crippen LogP contribution in [0.3, 0.4) is 0 Å². The third kappa shape index (κ3) is 8.89. The largest absolute Gasteiger partial charge is 0.463 e. The monoisotopic (exact) mass is 242 g/mol. The van der Waals surface area contributed by atoms with Crippen molar-refractivity contribution in [3.63, 3.8) is 0 Å². The second-order valence-electron chi connectivity index (χ2n) is 4.17. The van der Waals surface area contributed by atoms with Crippen LogP contribution in [0.1, 0.15) is 32.1 Å². The molecular formula is C13H22O4. The van der Waals surface area contributed by atoms with Crippen molar-refractivity contribution in [1.29, 1.82) is 0 Å². The molecule has 4 heteroatoms. The molecule has 0 amide bonds. The summed E-state index contributed by atoms with van der Waals surface area (Å²) in [5.41, 5.74) is 0. The van der Waals surface area contributed by atoms with Crippen LogP contribution >= 0.6 is 0 Å². The van der Waals surface area contributed by atoms with Crippen molar-refractivity contribution in [2.24, 2.45) is 0 Å². The fourth-order valence-electron chi connectivity index (χ4n) is 1.45. The highest BCUT2D eigenvalue weighted by molar-refractivity contribution is 5.81. The summed E-state index contributed by atoms with van der Waals surface area (Å²) in [4.78, 5) is 10.7. The standard InChI is InChI=1S/C13H22O4/c1-2-13(14)16-9-7-5-3-4-6-8-15-10-12-11-17-12/h2,12H,1,3-11H2. The van der Waals surface area contributed by atoms with E-state index in [9.17, 15) is 4.79 Å². The maximum Gasteiger partial charge on any atom is 0.330 e. The van der Waals surface area contributed by atoms with Crippen molar-refractivity contribution in [2.45, 2.75) is 38.2 Å². The molecule has 1 atom stereocenters. The second-order valence-corrected chi connectivity index (χ2v) is 4.17. The predicted octanol–water partition coefficient (Wildman–Crippen LogP) is 2.08. The lowest BCUT2D eigenvalue weighted by Gasteiger charge is -2.03. The van der Waals surface area contributed by atoms with Gasteiger partial charge in [-0.1, -0.05) is 25.8 Å². The van der Waals surface area contributed by atoms with Crippen molar-refractivity contribution in [3.05, 3.63) is 12.7 Å². The molecule has 1 fully saturated rings. The van der Waals surface area contributed by atoms with Crippen LogP contribution in [0, 0.1) is 0 Å². The molecular weight excluding hydrogens is 220 g/mol. The van der Waals surface area contributed by atoms with E-state index in [4.69, 9.17) is 14.2 Å². The first-order valence-electron chi connectivity index (χ1n) is 6.31. The van der Waals surface area contributed by atoms with E-state index in [0.717, 1.165) is 45.5 Å². The number of hydrogen-bond acceptors (Lipinski definition) is 4. The first-order chi connectivity index (χ1) is 8.33. The zero-order valence-electron chi connectivity index (χ0n) is 10.4. The van der Waals surface area contributed by atoms with Gasteiger partial charge in [-0.3, -0.25) is 0 Å². The van der Waals surface area contributed by atoms with Crippen molar-refractivity contribution in [1.82, 2.24) is 0 Å². The van der Waals surface area contributed by atoms with Gasteiger partial charge in [-0.2, -0.15) is 0 Å². The maximum atomic E-state index is 10.7. The number of ether oxygens (including phenoxy) is 3. The van der Waals surface area contributed by atoms with E-state index < -0.39 is 0 Å². The molecule has 0 radical (unpaired) electrons. The Kier molecular flexibility index (Phi) is 7.67.